The molecule has 7 heteroatoms. The van der Waals surface area contributed by atoms with Crippen LogP contribution in [0.1, 0.15) is 24.2 Å². The summed E-state index contributed by atoms with van der Waals surface area (Å²) in [6, 6.07) is 16.1. The summed E-state index contributed by atoms with van der Waals surface area (Å²) in [5.74, 6) is 0.266. The standard InChI is InChI=1S/C22H27FN4O2/c1-16-14-27(15-20(29-16)18-8-10-19(23)11-9-18)22(24-2)26-13-21(28)25-12-17-6-4-3-5-7-17/h3-11,16,20H,12-15H2,1-2H3,(H,24,26)(H,25,28). The Labute approximate surface area is 170 Å². The molecule has 0 aromatic heterocycles. The molecule has 1 aliphatic rings. The second-order valence-corrected chi connectivity index (χ2v) is 7.05. The van der Waals surface area contributed by atoms with Crippen molar-refractivity contribution in [2.75, 3.05) is 26.7 Å². The van der Waals surface area contributed by atoms with Crippen molar-refractivity contribution in [1.82, 2.24) is 15.5 Å². The smallest absolute Gasteiger partial charge is 0.239 e. The second-order valence-electron chi connectivity index (χ2n) is 7.05. The highest BCUT2D eigenvalue weighted by Crippen LogP contribution is 2.25. The van der Waals surface area contributed by atoms with Crippen LogP contribution in [0.15, 0.2) is 59.6 Å². The maximum absolute atomic E-state index is 13.2. The molecule has 2 atom stereocenters. The van der Waals surface area contributed by atoms with Gasteiger partial charge in [0.05, 0.1) is 19.2 Å². The molecule has 154 valence electrons. The minimum atomic E-state index is -0.270. The predicted molar refractivity (Wildman–Crippen MR) is 111 cm³/mol. The van der Waals surface area contributed by atoms with Crippen LogP contribution in [-0.4, -0.2) is 49.6 Å². The number of carbonyl (C=O) groups excluding carboxylic acids is 1. The predicted octanol–water partition coefficient (Wildman–Crippen LogP) is 2.48. The number of benzene rings is 2. The summed E-state index contributed by atoms with van der Waals surface area (Å²) < 4.78 is 19.2. The fourth-order valence-corrected chi connectivity index (χ4v) is 3.34. The van der Waals surface area contributed by atoms with E-state index in [0.29, 0.717) is 25.6 Å². The van der Waals surface area contributed by atoms with Crippen LogP contribution in [0.25, 0.3) is 0 Å². The molecule has 29 heavy (non-hydrogen) atoms. The Morgan fingerprint density at radius 1 is 1.14 bits per heavy atom. The Kier molecular flexibility index (Phi) is 7.19. The molecule has 2 aromatic carbocycles. The van der Waals surface area contributed by atoms with Gasteiger partial charge in [-0.1, -0.05) is 42.5 Å². The first-order valence-electron chi connectivity index (χ1n) is 9.72. The average Bonchev–Trinajstić information content (AvgIpc) is 2.73. The summed E-state index contributed by atoms with van der Waals surface area (Å²) in [6.45, 7) is 3.83. The number of halogens is 1. The lowest BCUT2D eigenvalue weighted by atomic mass is 10.1. The zero-order valence-corrected chi connectivity index (χ0v) is 16.8. The van der Waals surface area contributed by atoms with Gasteiger partial charge in [-0.05, 0) is 30.2 Å². The minimum absolute atomic E-state index is 0.0238. The average molecular weight is 398 g/mol. The van der Waals surface area contributed by atoms with Crippen molar-refractivity contribution in [3.63, 3.8) is 0 Å². The first kappa shape index (κ1) is 20.8. The van der Waals surface area contributed by atoms with Crippen LogP contribution >= 0.6 is 0 Å². The third-order valence-corrected chi connectivity index (χ3v) is 4.75. The molecule has 0 spiro atoms. The van der Waals surface area contributed by atoms with Crippen molar-refractivity contribution in [2.45, 2.75) is 25.7 Å². The van der Waals surface area contributed by atoms with Crippen LogP contribution in [0.4, 0.5) is 4.39 Å². The topological polar surface area (TPSA) is 66.0 Å². The van der Waals surface area contributed by atoms with E-state index in [9.17, 15) is 9.18 Å². The van der Waals surface area contributed by atoms with Crippen molar-refractivity contribution in [3.05, 3.63) is 71.5 Å². The van der Waals surface area contributed by atoms with Crippen molar-refractivity contribution in [3.8, 4) is 0 Å². The van der Waals surface area contributed by atoms with E-state index in [0.717, 1.165) is 11.1 Å². The summed E-state index contributed by atoms with van der Waals surface area (Å²) in [6.07, 6.45) is -0.214. The minimum Gasteiger partial charge on any atom is -0.367 e. The van der Waals surface area contributed by atoms with Gasteiger partial charge < -0.3 is 20.3 Å². The van der Waals surface area contributed by atoms with Crippen LogP contribution in [-0.2, 0) is 16.1 Å². The number of rotatable bonds is 5. The fourth-order valence-electron chi connectivity index (χ4n) is 3.34. The number of ether oxygens (including phenoxy) is 1. The lowest BCUT2D eigenvalue weighted by molar-refractivity contribution is -0.120. The molecule has 0 bridgehead atoms. The monoisotopic (exact) mass is 398 g/mol. The van der Waals surface area contributed by atoms with Crippen molar-refractivity contribution in [2.24, 2.45) is 4.99 Å². The summed E-state index contributed by atoms with van der Waals surface area (Å²) in [4.78, 5) is 18.6. The highest BCUT2D eigenvalue weighted by Gasteiger charge is 2.28. The molecule has 6 nitrogen and oxygen atoms in total. The number of hydrogen-bond acceptors (Lipinski definition) is 3. The molecular formula is C22H27FN4O2. The van der Waals surface area contributed by atoms with Crippen molar-refractivity contribution >= 4 is 11.9 Å². The number of aliphatic imine (C=N–C) groups is 1. The van der Waals surface area contributed by atoms with Gasteiger partial charge in [-0.25, -0.2) is 4.39 Å². The molecule has 3 rings (SSSR count). The maximum atomic E-state index is 13.2. The van der Waals surface area contributed by atoms with E-state index >= 15 is 0 Å². The van der Waals surface area contributed by atoms with E-state index in [1.54, 1.807) is 19.2 Å². The van der Waals surface area contributed by atoms with Crippen LogP contribution in [0.3, 0.4) is 0 Å². The SMILES string of the molecule is CN=C(NCC(=O)NCc1ccccc1)N1CC(C)OC(c2ccc(F)cc2)C1. The number of nitrogens with zero attached hydrogens (tertiary/aromatic N) is 2. The van der Waals surface area contributed by atoms with Crippen LogP contribution < -0.4 is 10.6 Å². The Bertz CT molecular complexity index is 826. The molecule has 2 unspecified atom stereocenters. The van der Waals surface area contributed by atoms with E-state index < -0.39 is 0 Å². The quantitative estimate of drug-likeness (QED) is 0.600. The maximum Gasteiger partial charge on any atom is 0.239 e. The molecule has 0 radical (unpaired) electrons. The largest absolute Gasteiger partial charge is 0.367 e. The zero-order valence-electron chi connectivity index (χ0n) is 16.8. The molecule has 1 fully saturated rings. The lowest BCUT2D eigenvalue weighted by Crippen LogP contribution is -2.52. The van der Waals surface area contributed by atoms with Crippen LogP contribution in [0, 0.1) is 5.82 Å². The molecule has 0 saturated carbocycles. The van der Waals surface area contributed by atoms with Gasteiger partial charge in [0.2, 0.25) is 5.91 Å². The Hall–Kier alpha value is -2.93. The number of morpholine rings is 1. The summed E-state index contributed by atoms with van der Waals surface area (Å²) in [7, 11) is 1.69. The Morgan fingerprint density at radius 3 is 2.55 bits per heavy atom. The number of carbonyl (C=O) groups is 1. The van der Waals surface area contributed by atoms with Gasteiger partial charge in [0.1, 0.15) is 11.9 Å². The Balaban J connectivity index is 1.54. The van der Waals surface area contributed by atoms with E-state index in [4.69, 9.17) is 4.74 Å². The summed E-state index contributed by atoms with van der Waals surface area (Å²) in [5.41, 5.74) is 1.97. The highest BCUT2D eigenvalue weighted by molar-refractivity contribution is 5.86. The van der Waals surface area contributed by atoms with Gasteiger partial charge in [0.15, 0.2) is 5.96 Å². The number of hydrogen-bond donors (Lipinski definition) is 2. The van der Waals surface area contributed by atoms with E-state index in [1.165, 1.54) is 12.1 Å². The molecule has 1 amide bonds. The first-order chi connectivity index (χ1) is 14.0. The highest BCUT2D eigenvalue weighted by atomic mass is 19.1. The molecule has 2 N–H and O–H groups in total. The normalized spacial score (nSPS) is 19.7. The number of guanidine groups is 1. The van der Waals surface area contributed by atoms with Gasteiger partial charge >= 0.3 is 0 Å². The second kappa shape index (κ2) is 10.0. The van der Waals surface area contributed by atoms with Gasteiger partial charge in [0.25, 0.3) is 0 Å². The van der Waals surface area contributed by atoms with Crippen LogP contribution in [0.2, 0.25) is 0 Å². The molecule has 1 heterocycles. The van der Waals surface area contributed by atoms with Gasteiger partial charge in [-0.2, -0.15) is 0 Å². The van der Waals surface area contributed by atoms with Gasteiger partial charge in [-0.3, -0.25) is 9.79 Å². The molecule has 1 aliphatic heterocycles. The third-order valence-electron chi connectivity index (χ3n) is 4.75. The van der Waals surface area contributed by atoms with E-state index in [2.05, 4.69) is 20.5 Å². The number of amides is 1. The fraction of sp³-hybridized carbons (Fsp3) is 0.364. The third kappa shape index (κ3) is 6.02. The summed E-state index contributed by atoms with van der Waals surface area (Å²) >= 11 is 0. The number of nitrogens with one attached hydrogen (secondary N) is 2. The lowest BCUT2D eigenvalue weighted by Gasteiger charge is -2.38. The van der Waals surface area contributed by atoms with Gasteiger partial charge in [0, 0.05) is 20.1 Å². The summed E-state index contributed by atoms with van der Waals surface area (Å²) in [5, 5.41) is 6.02. The van der Waals surface area contributed by atoms with E-state index in [-0.39, 0.29) is 30.5 Å². The van der Waals surface area contributed by atoms with Crippen molar-refractivity contribution < 1.29 is 13.9 Å². The molecule has 0 aliphatic carbocycles. The molecule has 2 aromatic rings. The zero-order chi connectivity index (χ0) is 20.6. The molecular weight excluding hydrogens is 371 g/mol. The van der Waals surface area contributed by atoms with Crippen molar-refractivity contribution in [1.29, 1.82) is 0 Å². The first-order valence-corrected chi connectivity index (χ1v) is 9.72. The van der Waals surface area contributed by atoms with Gasteiger partial charge in [-0.15, -0.1) is 0 Å². The van der Waals surface area contributed by atoms with E-state index in [1.807, 2.05) is 37.3 Å². The molecule has 1 saturated heterocycles. The van der Waals surface area contributed by atoms with Crippen LogP contribution in [0.5, 0.6) is 0 Å². The Morgan fingerprint density at radius 2 is 1.86 bits per heavy atom.